The molecule has 8 nitrogen and oxygen atoms in total. The lowest BCUT2D eigenvalue weighted by molar-refractivity contribution is 0.0463. The zero-order valence-corrected chi connectivity index (χ0v) is 17.1. The van der Waals surface area contributed by atoms with Gasteiger partial charge in [-0.25, -0.2) is 4.79 Å². The summed E-state index contributed by atoms with van der Waals surface area (Å²) < 4.78 is 10.6. The fourth-order valence-corrected chi connectivity index (χ4v) is 4.46. The van der Waals surface area contributed by atoms with E-state index >= 15 is 0 Å². The number of phenols is 2. The van der Waals surface area contributed by atoms with E-state index in [0.29, 0.717) is 41.0 Å². The van der Waals surface area contributed by atoms with Crippen LogP contribution in [0, 0.1) is 0 Å². The predicted octanol–water partition coefficient (Wildman–Crippen LogP) is 2.24. The molecule has 2 aromatic carbocycles. The molecule has 0 radical (unpaired) electrons. The first-order valence-electron chi connectivity index (χ1n) is 9.91. The lowest BCUT2D eigenvalue weighted by Gasteiger charge is -2.28. The van der Waals surface area contributed by atoms with Crippen molar-refractivity contribution in [2.75, 3.05) is 6.61 Å². The molecule has 0 saturated heterocycles. The van der Waals surface area contributed by atoms with E-state index in [4.69, 9.17) is 4.74 Å². The predicted molar refractivity (Wildman–Crippen MR) is 115 cm³/mol. The molecule has 2 aromatic heterocycles. The SMILES string of the molecule is Cn1c(=O)c2c(-c3ccccc3)n3c(c2n(C)c1=O)[C@H](c1cc(O)ccc1O)OCC3. The van der Waals surface area contributed by atoms with Crippen LogP contribution < -0.4 is 11.2 Å². The van der Waals surface area contributed by atoms with Crippen molar-refractivity contribution in [1.82, 2.24) is 13.7 Å². The Balaban J connectivity index is 1.97. The van der Waals surface area contributed by atoms with Crippen LogP contribution in [-0.4, -0.2) is 30.5 Å². The molecule has 0 unspecified atom stereocenters. The van der Waals surface area contributed by atoms with Crippen molar-refractivity contribution in [3.05, 3.63) is 80.6 Å². The highest BCUT2D eigenvalue weighted by Gasteiger charge is 2.34. The maximum atomic E-state index is 13.3. The second-order valence-corrected chi connectivity index (χ2v) is 7.67. The van der Waals surface area contributed by atoms with Crippen molar-refractivity contribution in [2.24, 2.45) is 14.1 Å². The minimum Gasteiger partial charge on any atom is -0.508 e. The van der Waals surface area contributed by atoms with Crippen molar-refractivity contribution in [3.63, 3.8) is 0 Å². The average molecular weight is 419 g/mol. The number of hydrogen-bond acceptors (Lipinski definition) is 5. The Bertz CT molecular complexity index is 1450. The Morgan fingerprint density at radius 2 is 1.74 bits per heavy atom. The summed E-state index contributed by atoms with van der Waals surface area (Å²) in [7, 11) is 3.08. The highest BCUT2D eigenvalue weighted by molar-refractivity contribution is 5.96. The Morgan fingerprint density at radius 1 is 1.00 bits per heavy atom. The molecule has 1 aliphatic rings. The van der Waals surface area contributed by atoms with Crippen molar-refractivity contribution >= 4 is 10.9 Å². The van der Waals surface area contributed by atoms with Crippen LogP contribution in [0.2, 0.25) is 0 Å². The molecular formula is C23H21N3O5. The third kappa shape index (κ3) is 2.72. The number of aromatic hydroxyl groups is 2. The molecule has 0 aliphatic carbocycles. The third-order valence-electron chi connectivity index (χ3n) is 5.89. The summed E-state index contributed by atoms with van der Waals surface area (Å²) in [4.78, 5) is 26.1. The topological polar surface area (TPSA) is 98.6 Å². The van der Waals surface area contributed by atoms with Crippen LogP contribution >= 0.6 is 0 Å². The van der Waals surface area contributed by atoms with Crippen molar-refractivity contribution < 1.29 is 14.9 Å². The van der Waals surface area contributed by atoms with Crippen LogP contribution in [0.5, 0.6) is 11.5 Å². The number of fused-ring (bicyclic) bond motifs is 3. The number of rotatable bonds is 2. The van der Waals surface area contributed by atoms with Gasteiger partial charge in [0.25, 0.3) is 5.56 Å². The molecule has 0 amide bonds. The van der Waals surface area contributed by atoms with Gasteiger partial charge in [0.1, 0.15) is 17.6 Å². The van der Waals surface area contributed by atoms with Gasteiger partial charge in [0, 0.05) is 26.2 Å². The summed E-state index contributed by atoms with van der Waals surface area (Å²) in [5, 5.41) is 20.9. The van der Waals surface area contributed by atoms with E-state index in [1.54, 1.807) is 7.05 Å². The van der Waals surface area contributed by atoms with Gasteiger partial charge < -0.3 is 19.5 Å². The summed E-state index contributed by atoms with van der Waals surface area (Å²) in [5.41, 5.74) is 2.13. The van der Waals surface area contributed by atoms with E-state index in [-0.39, 0.29) is 11.5 Å². The fourth-order valence-electron chi connectivity index (χ4n) is 4.46. The van der Waals surface area contributed by atoms with Crippen LogP contribution in [-0.2, 0) is 25.4 Å². The molecule has 31 heavy (non-hydrogen) atoms. The number of benzene rings is 2. The number of nitrogens with zero attached hydrogens (tertiary/aromatic N) is 3. The molecule has 0 saturated carbocycles. The van der Waals surface area contributed by atoms with E-state index in [1.807, 2.05) is 34.9 Å². The van der Waals surface area contributed by atoms with Gasteiger partial charge in [-0.2, -0.15) is 0 Å². The highest BCUT2D eigenvalue weighted by Crippen LogP contribution is 2.43. The molecule has 2 N–H and O–H groups in total. The third-order valence-corrected chi connectivity index (χ3v) is 5.89. The van der Waals surface area contributed by atoms with Gasteiger partial charge in [-0.1, -0.05) is 30.3 Å². The van der Waals surface area contributed by atoms with E-state index in [1.165, 1.54) is 29.8 Å². The molecule has 5 rings (SSSR count). The first-order valence-corrected chi connectivity index (χ1v) is 9.91. The number of ether oxygens (including phenoxy) is 1. The van der Waals surface area contributed by atoms with Gasteiger partial charge in [-0.15, -0.1) is 0 Å². The monoisotopic (exact) mass is 419 g/mol. The quantitative estimate of drug-likeness (QED) is 0.486. The van der Waals surface area contributed by atoms with Crippen LogP contribution in [0.4, 0.5) is 0 Å². The number of aryl methyl sites for hydroxylation is 1. The van der Waals surface area contributed by atoms with Crippen molar-refractivity contribution in [3.8, 4) is 22.8 Å². The van der Waals surface area contributed by atoms with Crippen LogP contribution in [0.1, 0.15) is 17.4 Å². The number of aromatic nitrogens is 3. The number of phenolic OH excluding ortho intramolecular Hbond substituents is 2. The minimum atomic E-state index is -0.765. The van der Waals surface area contributed by atoms with Crippen LogP contribution in [0.15, 0.2) is 58.1 Å². The zero-order valence-electron chi connectivity index (χ0n) is 17.1. The molecule has 1 aliphatic heterocycles. The smallest absolute Gasteiger partial charge is 0.331 e. The van der Waals surface area contributed by atoms with Gasteiger partial charge in [-0.3, -0.25) is 13.9 Å². The lowest BCUT2D eigenvalue weighted by Crippen LogP contribution is -2.37. The van der Waals surface area contributed by atoms with E-state index in [9.17, 15) is 19.8 Å². The van der Waals surface area contributed by atoms with E-state index in [0.717, 1.165) is 10.1 Å². The van der Waals surface area contributed by atoms with Crippen LogP contribution in [0.25, 0.3) is 22.2 Å². The second kappa shape index (κ2) is 6.88. The zero-order chi connectivity index (χ0) is 21.9. The molecule has 0 fully saturated rings. The maximum Gasteiger partial charge on any atom is 0.331 e. The molecule has 158 valence electrons. The van der Waals surface area contributed by atoms with Gasteiger partial charge in [-0.05, 0) is 23.8 Å². The first-order chi connectivity index (χ1) is 14.9. The van der Waals surface area contributed by atoms with Crippen molar-refractivity contribution in [1.29, 1.82) is 0 Å². The minimum absolute atomic E-state index is 0.0162. The standard InChI is InChI=1S/C23H21N3O5/c1-24-19-17(22(29)25(2)23(24)30)18(13-6-4-3-5-7-13)26-10-11-31-21(20(19)26)15-12-14(27)8-9-16(15)28/h3-9,12,21,27-28H,10-11H2,1-2H3/t21-/m0/s1. The largest absolute Gasteiger partial charge is 0.508 e. The molecule has 8 heteroatoms. The van der Waals surface area contributed by atoms with E-state index in [2.05, 4.69) is 0 Å². The van der Waals surface area contributed by atoms with E-state index < -0.39 is 17.4 Å². The molecule has 1 atom stereocenters. The normalized spacial score (nSPS) is 15.9. The maximum absolute atomic E-state index is 13.3. The second-order valence-electron chi connectivity index (χ2n) is 7.67. The molecule has 3 heterocycles. The van der Waals surface area contributed by atoms with Gasteiger partial charge in [0.05, 0.1) is 28.9 Å². The molecular weight excluding hydrogens is 398 g/mol. The highest BCUT2D eigenvalue weighted by atomic mass is 16.5. The summed E-state index contributed by atoms with van der Waals surface area (Å²) >= 11 is 0. The molecule has 0 bridgehead atoms. The Morgan fingerprint density at radius 3 is 2.48 bits per heavy atom. The fraction of sp³-hybridized carbons (Fsp3) is 0.217. The van der Waals surface area contributed by atoms with Gasteiger partial charge in [0.15, 0.2) is 0 Å². The Hall–Kier alpha value is -3.78. The van der Waals surface area contributed by atoms with Gasteiger partial charge >= 0.3 is 5.69 Å². The summed E-state index contributed by atoms with van der Waals surface area (Å²) in [6, 6.07) is 13.8. The average Bonchev–Trinajstić information content (AvgIpc) is 3.14. The summed E-state index contributed by atoms with van der Waals surface area (Å²) in [6.07, 6.45) is -0.765. The van der Waals surface area contributed by atoms with Crippen LogP contribution in [0.3, 0.4) is 0 Å². The molecule has 0 spiro atoms. The Labute approximate surface area is 176 Å². The first kappa shape index (κ1) is 19.2. The van der Waals surface area contributed by atoms with Gasteiger partial charge in [0.2, 0.25) is 0 Å². The molecule has 4 aromatic rings. The summed E-state index contributed by atoms with van der Waals surface area (Å²) in [6.45, 7) is 0.809. The lowest BCUT2D eigenvalue weighted by atomic mass is 10.0. The van der Waals surface area contributed by atoms with Crippen molar-refractivity contribution in [2.45, 2.75) is 12.6 Å². The number of hydrogen-bond donors (Lipinski definition) is 2. The Kier molecular flexibility index (Phi) is 4.26. The summed E-state index contributed by atoms with van der Waals surface area (Å²) in [5.74, 6) is -0.0573.